The number of hydrogen-bond acceptors (Lipinski definition) is 3. The molecule has 1 unspecified atom stereocenters. The van der Waals surface area contributed by atoms with Gasteiger partial charge >= 0.3 is 0 Å². The molecule has 0 amide bonds. The Morgan fingerprint density at radius 2 is 2.00 bits per heavy atom. The van der Waals surface area contributed by atoms with Crippen LogP contribution in [0.1, 0.15) is 42.0 Å². The van der Waals surface area contributed by atoms with Gasteiger partial charge in [-0.25, -0.2) is 4.98 Å². The molecular weight excluding hydrogens is 326 g/mol. The molecule has 1 atom stereocenters. The molecule has 2 aromatic heterocycles. The topological polar surface area (TPSA) is 41.6 Å². The first-order valence-corrected chi connectivity index (χ1v) is 8.76. The van der Waals surface area contributed by atoms with E-state index in [0.29, 0.717) is 5.92 Å². The van der Waals surface area contributed by atoms with Crippen LogP contribution in [0.2, 0.25) is 5.02 Å². The second-order valence-electron chi connectivity index (χ2n) is 5.59. The highest BCUT2D eigenvalue weighted by atomic mass is 35.5. The van der Waals surface area contributed by atoms with Gasteiger partial charge in [0.2, 0.25) is 0 Å². The highest BCUT2D eigenvalue weighted by Crippen LogP contribution is 2.42. The zero-order valence-corrected chi connectivity index (χ0v) is 14.6. The summed E-state index contributed by atoms with van der Waals surface area (Å²) in [5.41, 5.74) is 2.47. The molecule has 23 heavy (non-hydrogen) atoms. The minimum atomic E-state index is 0.0730. The smallest absolute Gasteiger partial charge is 0.124 e. The number of benzene rings is 1. The van der Waals surface area contributed by atoms with Gasteiger partial charge in [0.25, 0.3) is 0 Å². The van der Waals surface area contributed by atoms with Crippen LogP contribution in [-0.4, -0.2) is 15.0 Å². The van der Waals surface area contributed by atoms with Crippen molar-refractivity contribution in [2.24, 2.45) is 0 Å². The number of pyridine rings is 1. The van der Waals surface area contributed by atoms with E-state index in [-0.39, 0.29) is 5.25 Å². The van der Waals surface area contributed by atoms with Crippen molar-refractivity contribution >= 4 is 23.4 Å². The number of nitrogens with zero attached hydrogens (tertiary/aromatic N) is 2. The summed E-state index contributed by atoms with van der Waals surface area (Å²) in [6.45, 7) is 4.37. The first-order chi connectivity index (χ1) is 11.1. The number of halogens is 1. The summed E-state index contributed by atoms with van der Waals surface area (Å²) in [4.78, 5) is 13.1. The van der Waals surface area contributed by atoms with Gasteiger partial charge in [-0.2, -0.15) is 0 Å². The van der Waals surface area contributed by atoms with Crippen molar-refractivity contribution in [2.75, 3.05) is 0 Å². The van der Waals surface area contributed by atoms with Crippen molar-refractivity contribution < 1.29 is 0 Å². The van der Waals surface area contributed by atoms with Crippen LogP contribution in [0.5, 0.6) is 0 Å². The van der Waals surface area contributed by atoms with Gasteiger partial charge < -0.3 is 4.98 Å². The molecule has 3 aromatic rings. The molecule has 0 radical (unpaired) electrons. The number of H-pyrrole nitrogens is 1. The fourth-order valence-electron chi connectivity index (χ4n) is 2.50. The minimum absolute atomic E-state index is 0.0730. The van der Waals surface area contributed by atoms with Crippen molar-refractivity contribution in [3.8, 4) is 0 Å². The molecule has 0 saturated carbocycles. The van der Waals surface area contributed by atoms with E-state index in [1.165, 1.54) is 11.1 Å². The zero-order valence-electron chi connectivity index (χ0n) is 13.0. The lowest BCUT2D eigenvalue weighted by Crippen LogP contribution is -2.05. The predicted octanol–water partition coefficient (Wildman–Crippen LogP) is 5.46. The molecule has 0 bridgehead atoms. The van der Waals surface area contributed by atoms with Crippen LogP contribution < -0.4 is 0 Å². The SMILES string of the molecule is CC(C)c1cnccc1C(Sc1cccc(Cl)c1)c1ncc[nH]1. The predicted molar refractivity (Wildman–Crippen MR) is 96.1 cm³/mol. The van der Waals surface area contributed by atoms with Crippen LogP contribution in [0.4, 0.5) is 0 Å². The summed E-state index contributed by atoms with van der Waals surface area (Å²) in [5, 5.41) is 0.816. The second kappa shape index (κ2) is 7.20. The fraction of sp³-hybridized carbons (Fsp3) is 0.222. The maximum atomic E-state index is 6.13. The van der Waals surface area contributed by atoms with E-state index in [1.54, 1.807) is 18.0 Å². The Hall–Kier alpha value is -1.78. The van der Waals surface area contributed by atoms with Gasteiger partial charge in [-0.05, 0) is 41.3 Å². The molecule has 0 spiro atoms. The molecule has 2 heterocycles. The highest BCUT2D eigenvalue weighted by molar-refractivity contribution is 7.99. The van der Waals surface area contributed by atoms with Gasteiger partial charge in [0.05, 0.1) is 5.25 Å². The largest absolute Gasteiger partial charge is 0.347 e. The molecule has 0 aliphatic carbocycles. The maximum Gasteiger partial charge on any atom is 0.124 e. The van der Waals surface area contributed by atoms with Gasteiger partial charge in [-0.3, -0.25) is 4.98 Å². The Labute approximate surface area is 145 Å². The number of thioether (sulfide) groups is 1. The first kappa shape index (κ1) is 16.1. The minimum Gasteiger partial charge on any atom is -0.347 e. The number of hydrogen-bond donors (Lipinski definition) is 1. The molecule has 3 nitrogen and oxygen atoms in total. The van der Waals surface area contributed by atoms with Crippen LogP contribution in [0.3, 0.4) is 0 Å². The molecule has 1 N–H and O–H groups in total. The monoisotopic (exact) mass is 343 g/mol. The van der Waals surface area contributed by atoms with E-state index in [4.69, 9.17) is 11.6 Å². The molecule has 5 heteroatoms. The fourth-order valence-corrected chi connectivity index (χ4v) is 3.96. The highest BCUT2D eigenvalue weighted by Gasteiger charge is 2.22. The lowest BCUT2D eigenvalue weighted by atomic mass is 9.97. The second-order valence-corrected chi connectivity index (χ2v) is 7.20. The normalized spacial score (nSPS) is 12.5. The van der Waals surface area contributed by atoms with E-state index in [2.05, 4.69) is 40.9 Å². The Bertz CT molecular complexity index is 771. The third-order valence-corrected chi connectivity index (χ3v) is 5.08. The van der Waals surface area contributed by atoms with Gasteiger partial charge in [0, 0.05) is 34.7 Å². The Morgan fingerprint density at radius 1 is 1.13 bits per heavy atom. The van der Waals surface area contributed by atoms with E-state index >= 15 is 0 Å². The van der Waals surface area contributed by atoms with Crippen LogP contribution in [0.25, 0.3) is 0 Å². The van der Waals surface area contributed by atoms with Gasteiger partial charge in [-0.1, -0.05) is 31.5 Å². The maximum absolute atomic E-state index is 6.13. The average molecular weight is 344 g/mol. The van der Waals surface area contributed by atoms with Crippen molar-refractivity contribution in [1.29, 1.82) is 0 Å². The number of aromatic nitrogens is 3. The molecule has 0 aliphatic rings. The summed E-state index contributed by atoms with van der Waals surface area (Å²) in [7, 11) is 0. The summed E-state index contributed by atoms with van der Waals surface area (Å²) < 4.78 is 0. The molecule has 118 valence electrons. The summed E-state index contributed by atoms with van der Waals surface area (Å²) in [6, 6.07) is 10.0. The summed E-state index contributed by atoms with van der Waals surface area (Å²) in [5.74, 6) is 1.33. The Balaban J connectivity index is 2.04. The lowest BCUT2D eigenvalue weighted by Gasteiger charge is -2.20. The lowest BCUT2D eigenvalue weighted by molar-refractivity contribution is 0.829. The molecule has 0 saturated heterocycles. The van der Waals surface area contributed by atoms with Gasteiger partial charge in [0.1, 0.15) is 5.82 Å². The van der Waals surface area contributed by atoms with Gasteiger partial charge in [0.15, 0.2) is 0 Å². The van der Waals surface area contributed by atoms with E-state index in [0.717, 1.165) is 15.7 Å². The van der Waals surface area contributed by atoms with E-state index < -0.39 is 0 Å². The average Bonchev–Trinajstić information content (AvgIpc) is 3.07. The number of rotatable bonds is 5. The first-order valence-electron chi connectivity index (χ1n) is 7.50. The molecule has 0 aliphatic heterocycles. The summed E-state index contributed by atoms with van der Waals surface area (Å²) in [6.07, 6.45) is 7.44. The van der Waals surface area contributed by atoms with Crippen LogP contribution >= 0.6 is 23.4 Å². The quantitative estimate of drug-likeness (QED) is 0.625. The Morgan fingerprint density at radius 3 is 2.70 bits per heavy atom. The van der Waals surface area contributed by atoms with Crippen molar-refractivity contribution in [3.63, 3.8) is 0 Å². The van der Waals surface area contributed by atoms with Crippen LogP contribution in [-0.2, 0) is 0 Å². The summed E-state index contributed by atoms with van der Waals surface area (Å²) >= 11 is 7.87. The van der Waals surface area contributed by atoms with Crippen molar-refractivity contribution in [2.45, 2.75) is 29.9 Å². The standard InChI is InChI=1S/C18H18ClN3S/c1-12(2)16-11-20-7-6-15(16)17(18-21-8-9-22-18)23-14-5-3-4-13(19)10-14/h3-12,17H,1-2H3,(H,21,22). The number of aromatic amines is 1. The van der Waals surface area contributed by atoms with Gasteiger partial charge in [-0.15, -0.1) is 11.8 Å². The molecule has 0 fully saturated rings. The Kier molecular flexibility index (Phi) is 5.03. The third kappa shape index (κ3) is 3.77. The van der Waals surface area contributed by atoms with E-state index in [9.17, 15) is 0 Å². The van der Waals surface area contributed by atoms with Crippen LogP contribution in [0.15, 0.2) is 60.0 Å². The van der Waals surface area contributed by atoms with E-state index in [1.807, 2.05) is 36.8 Å². The van der Waals surface area contributed by atoms with Crippen LogP contribution in [0, 0.1) is 0 Å². The number of nitrogens with one attached hydrogen (secondary N) is 1. The van der Waals surface area contributed by atoms with Crippen molar-refractivity contribution in [3.05, 3.63) is 77.1 Å². The third-order valence-electron chi connectivity index (χ3n) is 3.61. The molecule has 3 rings (SSSR count). The number of imidazole rings is 1. The van der Waals surface area contributed by atoms with Crippen molar-refractivity contribution in [1.82, 2.24) is 15.0 Å². The zero-order chi connectivity index (χ0) is 16.2. The molecular formula is C18H18ClN3S. The molecule has 1 aromatic carbocycles.